The zero-order valence-electron chi connectivity index (χ0n) is 12.9. The Kier molecular flexibility index (Phi) is 9.35. The second-order valence-corrected chi connectivity index (χ2v) is 6.39. The van der Waals surface area contributed by atoms with Crippen LogP contribution in [0.15, 0.2) is 0 Å². The van der Waals surface area contributed by atoms with Crippen molar-refractivity contribution in [1.82, 2.24) is 0 Å². The lowest BCUT2D eigenvalue weighted by molar-refractivity contribution is 0.00641. The Morgan fingerprint density at radius 3 is 1.31 bits per heavy atom. The van der Waals surface area contributed by atoms with Crippen molar-refractivity contribution in [2.24, 2.45) is 0 Å². The quantitative estimate of drug-likeness (QED) is 0.264. The molecule has 26 heavy (non-hydrogen) atoms. The van der Waals surface area contributed by atoms with Gasteiger partial charge in [0, 0.05) is 0 Å². The maximum Gasteiger partial charge on any atom is 0.340 e. The third-order valence-electron chi connectivity index (χ3n) is 2.91. The van der Waals surface area contributed by atoms with Crippen LogP contribution < -0.4 is 0 Å². The van der Waals surface area contributed by atoms with Gasteiger partial charge in [0.2, 0.25) is 0 Å². The highest BCUT2D eigenvalue weighted by molar-refractivity contribution is 6.54. The molecule has 0 heterocycles. The van der Waals surface area contributed by atoms with Crippen LogP contribution in [0.25, 0.3) is 0 Å². The largest absolute Gasteiger partial charge is 0.459 e. The highest BCUT2D eigenvalue weighted by Gasteiger charge is 2.31. The summed E-state index contributed by atoms with van der Waals surface area (Å²) in [4.78, 5) is 24.5. The molecule has 146 valence electrons. The molecule has 0 saturated carbocycles. The van der Waals surface area contributed by atoms with E-state index >= 15 is 0 Å². The molecule has 4 N–H and O–H groups in total. The van der Waals surface area contributed by atoms with Gasteiger partial charge in [0.05, 0.1) is 44.4 Å². The Balaban J connectivity index is 3.30. The SMILES string of the molecule is O=C(OCC(O)CO)c1c(Cl)c(Cl)c(Cl)c(Cl)c1C(=O)OCC(O)CO. The fourth-order valence-corrected chi connectivity index (χ4v) is 2.62. The van der Waals surface area contributed by atoms with E-state index < -0.39 is 71.7 Å². The molecule has 1 rings (SSSR count). The lowest BCUT2D eigenvalue weighted by Crippen LogP contribution is -2.25. The molecule has 0 bridgehead atoms. The van der Waals surface area contributed by atoms with Crippen LogP contribution in [-0.4, -0.2) is 71.0 Å². The Morgan fingerprint density at radius 2 is 1.04 bits per heavy atom. The molecule has 0 aliphatic rings. The van der Waals surface area contributed by atoms with Crippen LogP contribution in [0.1, 0.15) is 20.7 Å². The van der Waals surface area contributed by atoms with Crippen molar-refractivity contribution in [2.45, 2.75) is 12.2 Å². The predicted molar refractivity (Wildman–Crippen MR) is 93.2 cm³/mol. The molecule has 0 aromatic heterocycles. The minimum Gasteiger partial charge on any atom is -0.459 e. The first kappa shape index (κ1) is 23.2. The van der Waals surface area contributed by atoms with Gasteiger partial charge in [-0.1, -0.05) is 46.4 Å². The molecule has 0 spiro atoms. The highest BCUT2D eigenvalue weighted by atomic mass is 35.5. The summed E-state index contributed by atoms with van der Waals surface area (Å²) >= 11 is 23.7. The number of hydrogen-bond donors (Lipinski definition) is 4. The topological polar surface area (TPSA) is 134 Å². The van der Waals surface area contributed by atoms with Gasteiger partial charge in [0.15, 0.2) is 0 Å². The van der Waals surface area contributed by atoms with E-state index in [4.69, 9.17) is 66.1 Å². The van der Waals surface area contributed by atoms with Crippen molar-refractivity contribution in [3.63, 3.8) is 0 Å². The van der Waals surface area contributed by atoms with Gasteiger partial charge in [0.25, 0.3) is 0 Å². The van der Waals surface area contributed by atoms with Gasteiger partial charge in [-0.2, -0.15) is 0 Å². The number of halogens is 4. The lowest BCUT2D eigenvalue weighted by atomic mass is 10.1. The lowest BCUT2D eigenvalue weighted by Gasteiger charge is -2.16. The third kappa shape index (κ3) is 5.58. The van der Waals surface area contributed by atoms with Gasteiger partial charge < -0.3 is 29.9 Å². The van der Waals surface area contributed by atoms with Crippen LogP contribution in [0, 0.1) is 0 Å². The molecule has 0 fully saturated rings. The van der Waals surface area contributed by atoms with E-state index in [2.05, 4.69) is 0 Å². The molecular weight excluding hydrogens is 438 g/mol. The van der Waals surface area contributed by atoms with Gasteiger partial charge in [-0.05, 0) is 0 Å². The number of rotatable bonds is 8. The molecule has 2 atom stereocenters. The average molecular weight is 452 g/mol. The number of aliphatic hydroxyl groups excluding tert-OH is 4. The minimum absolute atomic E-state index is 0.320. The normalized spacial score (nSPS) is 13.2. The fraction of sp³-hybridized carbons (Fsp3) is 0.429. The first-order chi connectivity index (χ1) is 12.1. The van der Waals surface area contributed by atoms with Gasteiger partial charge in [-0.15, -0.1) is 0 Å². The van der Waals surface area contributed by atoms with E-state index in [-0.39, 0.29) is 10.0 Å². The van der Waals surface area contributed by atoms with Crippen LogP contribution >= 0.6 is 46.4 Å². The molecule has 0 amide bonds. The minimum atomic E-state index is -1.36. The summed E-state index contributed by atoms with van der Waals surface area (Å²) in [5.74, 6) is -2.37. The van der Waals surface area contributed by atoms with Gasteiger partial charge in [0.1, 0.15) is 25.4 Å². The molecule has 1 aromatic rings. The summed E-state index contributed by atoms with van der Waals surface area (Å²) in [5.41, 5.74) is -1.14. The molecule has 0 aliphatic heterocycles. The van der Waals surface area contributed by atoms with E-state index in [0.717, 1.165) is 0 Å². The Morgan fingerprint density at radius 1 is 0.731 bits per heavy atom. The molecular formula is C14H14Cl4O8. The number of hydrogen-bond acceptors (Lipinski definition) is 8. The Bertz CT molecular complexity index is 625. The maximum absolute atomic E-state index is 12.3. The Hall–Kier alpha value is -0.840. The number of carbonyl (C=O) groups excluding carboxylic acids is 2. The second kappa shape index (κ2) is 10.5. The smallest absolute Gasteiger partial charge is 0.340 e. The van der Waals surface area contributed by atoms with Gasteiger partial charge >= 0.3 is 11.9 Å². The maximum atomic E-state index is 12.3. The summed E-state index contributed by atoms with van der Waals surface area (Å²) in [6.07, 6.45) is -2.71. The van der Waals surface area contributed by atoms with E-state index in [1.165, 1.54) is 0 Å². The fourth-order valence-electron chi connectivity index (χ4n) is 1.61. The number of benzene rings is 1. The zero-order valence-corrected chi connectivity index (χ0v) is 15.9. The van der Waals surface area contributed by atoms with Crippen LogP contribution in [0.2, 0.25) is 20.1 Å². The van der Waals surface area contributed by atoms with Crippen LogP contribution in [0.5, 0.6) is 0 Å². The predicted octanol–water partition coefficient (Wildman–Crippen LogP) is 1.32. The van der Waals surface area contributed by atoms with Crippen molar-refractivity contribution in [3.05, 3.63) is 31.2 Å². The number of esters is 2. The van der Waals surface area contributed by atoms with E-state index in [0.29, 0.717) is 0 Å². The van der Waals surface area contributed by atoms with Crippen LogP contribution in [0.3, 0.4) is 0 Å². The standard InChI is InChI=1S/C14H14Cl4O8/c15-9-7(13(23)25-3-5(21)1-19)8(10(16)12(18)11(9)17)14(24)26-4-6(22)2-20/h5-6,19-22H,1-4H2. The highest BCUT2D eigenvalue weighted by Crippen LogP contribution is 2.42. The number of carbonyl (C=O) groups is 2. The van der Waals surface area contributed by atoms with E-state index in [9.17, 15) is 19.8 Å². The molecule has 8 nitrogen and oxygen atoms in total. The summed E-state index contributed by atoms with van der Waals surface area (Å²) in [6, 6.07) is 0. The molecule has 0 aliphatic carbocycles. The van der Waals surface area contributed by atoms with E-state index in [1.807, 2.05) is 0 Å². The van der Waals surface area contributed by atoms with Gasteiger partial charge in [-0.25, -0.2) is 9.59 Å². The molecule has 0 radical (unpaired) electrons. The molecule has 2 unspecified atom stereocenters. The van der Waals surface area contributed by atoms with Crippen LogP contribution in [-0.2, 0) is 9.47 Å². The van der Waals surface area contributed by atoms with Crippen molar-refractivity contribution in [2.75, 3.05) is 26.4 Å². The molecule has 0 saturated heterocycles. The zero-order chi connectivity index (χ0) is 20.0. The van der Waals surface area contributed by atoms with Crippen molar-refractivity contribution in [1.29, 1.82) is 0 Å². The summed E-state index contributed by atoms with van der Waals surface area (Å²) in [6.45, 7) is -2.53. The van der Waals surface area contributed by atoms with Crippen molar-refractivity contribution < 1.29 is 39.5 Å². The number of ether oxygens (including phenoxy) is 2. The van der Waals surface area contributed by atoms with E-state index in [1.54, 1.807) is 0 Å². The summed E-state index contributed by atoms with van der Waals surface area (Å²) < 4.78 is 9.52. The van der Waals surface area contributed by atoms with Crippen molar-refractivity contribution >= 4 is 58.3 Å². The van der Waals surface area contributed by atoms with Crippen LogP contribution in [0.4, 0.5) is 0 Å². The summed E-state index contributed by atoms with van der Waals surface area (Å²) in [5, 5.41) is 34.5. The Labute approximate surface area is 167 Å². The first-order valence-corrected chi connectivity index (χ1v) is 8.44. The second-order valence-electron chi connectivity index (χ2n) is 4.88. The molecule has 1 aromatic carbocycles. The van der Waals surface area contributed by atoms with Gasteiger partial charge in [-0.3, -0.25) is 0 Å². The first-order valence-electron chi connectivity index (χ1n) is 6.93. The third-order valence-corrected chi connectivity index (χ3v) is 4.71. The number of aliphatic hydroxyl groups is 4. The monoisotopic (exact) mass is 450 g/mol. The van der Waals surface area contributed by atoms with Crippen molar-refractivity contribution in [3.8, 4) is 0 Å². The summed E-state index contributed by atoms with van der Waals surface area (Å²) in [7, 11) is 0. The molecule has 12 heteroatoms. The average Bonchev–Trinajstić information content (AvgIpc) is 2.64.